The van der Waals surface area contributed by atoms with Crippen molar-refractivity contribution in [3.63, 3.8) is 0 Å². The second kappa shape index (κ2) is 11.2. The second-order valence-corrected chi connectivity index (χ2v) is 5.94. The summed E-state index contributed by atoms with van der Waals surface area (Å²) in [6.07, 6.45) is 3.41. The number of nitrogens with one attached hydrogen (secondary N) is 1. The van der Waals surface area contributed by atoms with Crippen molar-refractivity contribution < 1.29 is 9.57 Å². The third kappa shape index (κ3) is 6.78. The van der Waals surface area contributed by atoms with Crippen LogP contribution in [0.15, 0.2) is 64.8 Å². The Morgan fingerprint density at radius 3 is 2.46 bits per heavy atom. The van der Waals surface area contributed by atoms with E-state index in [0.29, 0.717) is 6.61 Å². The van der Waals surface area contributed by atoms with Gasteiger partial charge in [0.15, 0.2) is 0 Å². The van der Waals surface area contributed by atoms with Crippen LogP contribution in [0.2, 0.25) is 0 Å². The second-order valence-electron chi connectivity index (χ2n) is 5.94. The van der Waals surface area contributed by atoms with Gasteiger partial charge < -0.3 is 4.74 Å². The molecule has 0 aromatic heterocycles. The van der Waals surface area contributed by atoms with Crippen LogP contribution in [-0.4, -0.2) is 25.1 Å². The van der Waals surface area contributed by atoms with Gasteiger partial charge in [0, 0.05) is 12.6 Å². The summed E-state index contributed by atoms with van der Waals surface area (Å²) in [5.74, 6) is 0.854. The molecule has 0 fully saturated rings. The highest BCUT2D eigenvalue weighted by Crippen LogP contribution is 2.11. The maximum absolute atomic E-state index is 5.60. The Morgan fingerprint density at radius 1 is 1.08 bits per heavy atom. The Labute approximate surface area is 155 Å². The molecule has 138 valence electrons. The van der Waals surface area contributed by atoms with Gasteiger partial charge in [0.1, 0.15) is 5.75 Å². The molecule has 0 saturated carbocycles. The van der Waals surface area contributed by atoms with Gasteiger partial charge in [-0.2, -0.15) is 15.7 Å². The zero-order valence-corrected chi connectivity index (χ0v) is 15.7. The van der Waals surface area contributed by atoms with Gasteiger partial charge in [-0.05, 0) is 36.6 Å². The molecule has 0 spiro atoms. The van der Waals surface area contributed by atoms with Crippen LogP contribution in [0, 0.1) is 0 Å². The Balaban J connectivity index is 1.79. The minimum absolute atomic E-state index is 0.0387. The van der Waals surface area contributed by atoms with Crippen molar-refractivity contribution in [2.45, 2.75) is 39.3 Å². The molecule has 2 rings (SSSR count). The fraction of sp³-hybridized carbons (Fsp3) is 0.333. The Hall–Kier alpha value is -2.50. The van der Waals surface area contributed by atoms with Crippen LogP contribution in [0.4, 0.5) is 0 Å². The van der Waals surface area contributed by atoms with Crippen LogP contribution in [0.3, 0.4) is 0 Å². The summed E-state index contributed by atoms with van der Waals surface area (Å²) in [5, 5.41) is 8.47. The molecule has 1 N–H and O–H groups in total. The van der Waals surface area contributed by atoms with Gasteiger partial charge in [-0.15, -0.1) is 0 Å². The predicted octanol–water partition coefficient (Wildman–Crippen LogP) is 4.18. The number of benzene rings is 2. The molecule has 5 heteroatoms. The Morgan fingerprint density at radius 2 is 1.81 bits per heavy atom. The predicted molar refractivity (Wildman–Crippen MR) is 107 cm³/mol. The normalized spacial score (nSPS) is 13.1. The van der Waals surface area contributed by atoms with Gasteiger partial charge in [0.05, 0.1) is 25.5 Å². The molecule has 0 aliphatic rings. The van der Waals surface area contributed by atoms with Crippen LogP contribution >= 0.6 is 0 Å². The van der Waals surface area contributed by atoms with E-state index >= 15 is 0 Å². The molecule has 1 atom stereocenters. The first-order chi connectivity index (χ1) is 12.7. The lowest BCUT2D eigenvalue weighted by Gasteiger charge is -2.15. The lowest BCUT2D eigenvalue weighted by molar-refractivity contribution is 0.0166. The van der Waals surface area contributed by atoms with E-state index in [-0.39, 0.29) is 6.04 Å². The van der Waals surface area contributed by atoms with Crippen LogP contribution in [-0.2, 0) is 17.9 Å². The fourth-order valence-electron chi connectivity index (χ4n) is 2.37. The van der Waals surface area contributed by atoms with Gasteiger partial charge in [-0.1, -0.05) is 49.4 Å². The van der Waals surface area contributed by atoms with Crippen LogP contribution < -0.4 is 10.2 Å². The van der Waals surface area contributed by atoms with Crippen LogP contribution in [0.1, 0.15) is 31.4 Å². The van der Waals surface area contributed by atoms with E-state index in [2.05, 4.69) is 22.6 Å². The van der Waals surface area contributed by atoms with E-state index in [4.69, 9.17) is 9.57 Å². The zero-order chi connectivity index (χ0) is 18.6. The number of hydrogen-bond donors (Lipinski definition) is 1. The van der Waals surface area contributed by atoms with Gasteiger partial charge in [0.2, 0.25) is 0 Å². The molecule has 26 heavy (non-hydrogen) atoms. The highest BCUT2D eigenvalue weighted by atomic mass is 16.6. The third-order valence-corrected chi connectivity index (χ3v) is 4.00. The monoisotopic (exact) mass is 353 g/mol. The van der Waals surface area contributed by atoms with E-state index in [1.54, 1.807) is 7.11 Å². The molecule has 0 saturated heterocycles. The van der Waals surface area contributed by atoms with Crippen molar-refractivity contribution >= 4 is 11.9 Å². The molecule has 2 aromatic carbocycles. The standard InChI is InChI=1S/C21H27N3O2/c1-4-21(24-26-16-19-8-6-5-7-9-19)17(2)23-22-15-14-18-10-12-20(25-3)13-11-18/h5-13,15,21,24H,4,14,16H2,1-3H3/b22-15-,23-17-. The maximum atomic E-state index is 5.60. The van der Waals surface area contributed by atoms with Gasteiger partial charge in [-0.25, -0.2) is 0 Å². The zero-order valence-electron chi connectivity index (χ0n) is 15.7. The molecule has 0 amide bonds. The van der Waals surface area contributed by atoms with Crippen molar-refractivity contribution in [2.24, 2.45) is 10.2 Å². The number of hydroxylamine groups is 1. The molecule has 5 nitrogen and oxygen atoms in total. The van der Waals surface area contributed by atoms with E-state index < -0.39 is 0 Å². The summed E-state index contributed by atoms with van der Waals surface area (Å²) in [5.41, 5.74) is 6.26. The van der Waals surface area contributed by atoms with Gasteiger partial charge >= 0.3 is 0 Å². The number of methoxy groups -OCH3 is 1. The minimum Gasteiger partial charge on any atom is -0.497 e. The molecule has 0 heterocycles. The average molecular weight is 353 g/mol. The van der Waals surface area contributed by atoms with E-state index in [9.17, 15) is 0 Å². The largest absolute Gasteiger partial charge is 0.497 e. The van der Waals surface area contributed by atoms with Crippen molar-refractivity contribution in [1.82, 2.24) is 5.48 Å². The lowest BCUT2D eigenvalue weighted by atomic mass is 10.1. The van der Waals surface area contributed by atoms with Crippen LogP contribution in [0.5, 0.6) is 5.75 Å². The topological polar surface area (TPSA) is 55.2 Å². The Bertz CT molecular complexity index is 697. The quantitative estimate of drug-likeness (QED) is 0.515. The summed E-state index contributed by atoms with van der Waals surface area (Å²) in [6.45, 7) is 4.56. The number of nitrogens with zero attached hydrogens (tertiary/aromatic N) is 2. The molecule has 1 unspecified atom stereocenters. The van der Waals surface area contributed by atoms with E-state index in [0.717, 1.165) is 29.9 Å². The smallest absolute Gasteiger partial charge is 0.118 e. The molecule has 0 bridgehead atoms. The highest BCUT2D eigenvalue weighted by molar-refractivity contribution is 5.87. The average Bonchev–Trinajstić information content (AvgIpc) is 2.69. The molecule has 0 aliphatic heterocycles. The highest BCUT2D eigenvalue weighted by Gasteiger charge is 2.09. The number of rotatable bonds is 10. The molecule has 0 radical (unpaired) electrons. The van der Waals surface area contributed by atoms with Crippen molar-refractivity contribution in [3.05, 3.63) is 65.7 Å². The summed E-state index contributed by atoms with van der Waals surface area (Å²) < 4.78 is 5.15. The first-order valence-corrected chi connectivity index (χ1v) is 8.83. The SMILES string of the molecule is CCC(NOCc1ccccc1)/C(C)=N\N=C/Cc1ccc(OC)cc1. The maximum Gasteiger partial charge on any atom is 0.118 e. The van der Waals surface area contributed by atoms with Crippen LogP contribution in [0.25, 0.3) is 0 Å². The molecular weight excluding hydrogens is 326 g/mol. The van der Waals surface area contributed by atoms with E-state index in [1.807, 2.05) is 67.7 Å². The molecule has 2 aromatic rings. The lowest BCUT2D eigenvalue weighted by Crippen LogP contribution is -2.34. The van der Waals surface area contributed by atoms with E-state index in [1.165, 1.54) is 5.56 Å². The van der Waals surface area contributed by atoms with Crippen molar-refractivity contribution in [1.29, 1.82) is 0 Å². The molecular formula is C21H27N3O2. The minimum atomic E-state index is 0.0387. The first-order valence-electron chi connectivity index (χ1n) is 8.83. The number of ether oxygens (including phenoxy) is 1. The van der Waals surface area contributed by atoms with Crippen molar-refractivity contribution in [2.75, 3.05) is 7.11 Å². The third-order valence-electron chi connectivity index (χ3n) is 4.00. The summed E-state index contributed by atoms with van der Waals surface area (Å²) in [7, 11) is 1.66. The summed E-state index contributed by atoms with van der Waals surface area (Å²) in [4.78, 5) is 5.60. The Kier molecular flexibility index (Phi) is 8.52. The number of hydrogen-bond acceptors (Lipinski definition) is 5. The fourth-order valence-corrected chi connectivity index (χ4v) is 2.37. The van der Waals surface area contributed by atoms with Gasteiger partial charge in [-0.3, -0.25) is 4.84 Å². The summed E-state index contributed by atoms with van der Waals surface area (Å²) >= 11 is 0. The van der Waals surface area contributed by atoms with Crippen molar-refractivity contribution in [3.8, 4) is 5.75 Å². The van der Waals surface area contributed by atoms with Gasteiger partial charge in [0.25, 0.3) is 0 Å². The summed E-state index contributed by atoms with van der Waals surface area (Å²) in [6, 6.07) is 18.0. The first kappa shape index (κ1) is 19.8. The molecule has 0 aliphatic carbocycles.